The summed E-state index contributed by atoms with van der Waals surface area (Å²) in [7, 11) is 1.69. The van der Waals surface area contributed by atoms with E-state index in [1.54, 1.807) is 33.0 Å². The van der Waals surface area contributed by atoms with Crippen molar-refractivity contribution in [2.75, 3.05) is 20.3 Å². The Labute approximate surface area is 112 Å². The molecule has 1 unspecified atom stereocenters. The van der Waals surface area contributed by atoms with E-state index in [0.29, 0.717) is 25.4 Å². The van der Waals surface area contributed by atoms with E-state index in [2.05, 4.69) is 5.32 Å². The molecular weight excluding hydrogens is 249 g/mol. The average molecular weight is 269 g/mol. The second kappa shape index (κ2) is 7.09. The molecule has 4 nitrogen and oxygen atoms in total. The van der Waals surface area contributed by atoms with E-state index in [9.17, 15) is 9.18 Å². The van der Waals surface area contributed by atoms with Crippen molar-refractivity contribution in [3.63, 3.8) is 0 Å². The first-order valence-electron chi connectivity index (χ1n) is 6.26. The summed E-state index contributed by atoms with van der Waals surface area (Å²) in [6.07, 6.45) is 0.429. The van der Waals surface area contributed by atoms with Gasteiger partial charge in [0.2, 0.25) is 0 Å². The highest BCUT2D eigenvalue weighted by molar-refractivity contribution is 5.80. The van der Waals surface area contributed by atoms with Crippen molar-refractivity contribution in [1.82, 2.24) is 5.32 Å². The van der Waals surface area contributed by atoms with Crippen LogP contribution in [-0.2, 0) is 9.53 Å². The highest BCUT2D eigenvalue weighted by Crippen LogP contribution is 2.16. The standard InChI is InChI=1S/C14H20FNO3/c1-4-18-13(17)14(2,16-3)8-9-19-12-7-5-6-11(15)10-12/h5-7,10,16H,4,8-9H2,1-3H3. The van der Waals surface area contributed by atoms with Gasteiger partial charge in [-0.2, -0.15) is 0 Å². The molecule has 0 aromatic heterocycles. The third-order valence-electron chi connectivity index (χ3n) is 2.94. The summed E-state index contributed by atoms with van der Waals surface area (Å²) in [4.78, 5) is 11.8. The second-order valence-electron chi connectivity index (χ2n) is 4.36. The first kappa shape index (κ1) is 15.4. The molecule has 0 heterocycles. The Morgan fingerprint density at radius 1 is 1.47 bits per heavy atom. The molecule has 1 N–H and O–H groups in total. The van der Waals surface area contributed by atoms with Crippen LogP contribution in [-0.4, -0.2) is 31.8 Å². The molecular formula is C14H20FNO3. The molecule has 0 bridgehead atoms. The van der Waals surface area contributed by atoms with E-state index in [-0.39, 0.29) is 11.8 Å². The van der Waals surface area contributed by atoms with E-state index in [4.69, 9.17) is 9.47 Å². The zero-order chi connectivity index (χ0) is 14.3. The number of carbonyl (C=O) groups excluding carboxylic acids is 1. The Morgan fingerprint density at radius 2 is 2.21 bits per heavy atom. The van der Waals surface area contributed by atoms with Crippen LogP contribution >= 0.6 is 0 Å². The fourth-order valence-corrected chi connectivity index (χ4v) is 1.55. The van der Waals surface area contributed by atoms with Gasteiger partial charge in [-0.1, -0.05) is 6.07 Å². The summed E-state index contributed by atoms with van der Waals surface area (Å²) >= 11 is 0. The van der Waals surface area contributed by atoms with Gasteiger partial charge >= 0.3 is 5.97 Å². The lowest BCUT2D eigenvalue weighted by Crippen LogP contribution is -2.49. The molecule has 5 heteroatoms. The Balaban J connectivity index is 2.52. The third-order valence-corrected chi connectivity index (χ3v) is 2.94. The van der Waals surface area contributed by atoms with Gasteiger partial charge in [0.05, 0.1) is 13.2 Å². The number of rotatable bonds is 7. The van der Waals surface area contributed by atoms with Crippen LogP contribution in [0.25, 0.3) is 0 Å². The molecule has 0 spiro atoms. The van der Waals surface area contributed by atoms with Gasteiger partial charge in [-0.3, -0.25) is 4.79 Å². The minimum atomic E-state index is -0.802. The number of esters is 1. The van der Waals surface area contributed by atoms with E-state index in [1.807, 2.05) is 0 Å². The maximum atomic E-state index is 13.0. The summed E-state index contributed by atoms with van der Waals surface area (Å²) in [5.41, 5.74) is -0.802. The van der Waals surface area contributed by atoms with Crippen LogP contribution in [0.4, 0.5) is 4.39 Å². The van der Waals surface area contributed by atoms with Crippen LogP contribution in [0.1, 0.15) is 20.3 Å². The molecule has 0 fully saturated rings. The van der Waals surface area contributed by atoms with E-state index < -0.39 is 5.54 Å². The molecule has 106 valence electrons. The molecule has 0 aliphatic rings. The molecule has 1 atom stereocenters. The van der Waals surface area contributed by atoms with Crippen molar-refractivity contribution in [2.45, 2.75) is 25.8 Å². The first-order valence-corrected chi connectivity index (χ1v) is 6.26. The second-order valence-corrected chi connectivity index (χ2v) is 4.36. The van der Waals surface area contributed by atoms with E-state index in [1.165, 1.54) is 12.1 Å². The van der Waals surface area contributed by atoms with Gasteiger partial charge in [-0.05, 0) is 33.0 Å². The average Bonchev–Trinajstić information content (AvgIpc) is 2.39. The normalized spacial score (nSPS) is 13.7. The highest BCUT2D eigenvalue weighted by atomic mass is 19.1. The molecule has 1 aromatic rings. The largest absolute Gasteiger partial charge is 0.493 e. The van der Waals surface area contributed by atoms with Crippen LogP contribution in [0.5, 0.6) is 5.75 Å². The van der Waals surface area contributed by atoms with Crippen LogP contribution in [0.15, 0.2) is 24.3 Å². The predicted molar refractivity (Wildman–Crippen MR) is 70.6 cm³/mol. The lowest BCUT2D eigenvalue weighted by molar-refractivity contribution is -0.150. The molecule has 0 saturated carbocycles. The number of ether oxygens (including phenoxy) is 2. The number of halogens is 1. The van der Waals surface area contributed by atoms with Crippen LogP contribution in [0.2, 0.25) is 0 Å². The number of nitrogens with one attached hydrogen (secondary N) is 1. The zero-order valence-corrected chi connectivity index (χ0v) is 11.5. The van der Waals surface area contributed by atoms with Crippen LogP contribution in [0, 0.1) is 5.82 Å². The smallest absolute Gasteiger partial charge is 0.326 e. The van der Waals surface area contributed by atoms with Gasteiger partial charge in [-0.15, -0.1) is 0 Å². The Bertz CT molecular complexity index is 425. The zero-order valence-electron chi connectivity index (χ0n) is 11.5. The SMILES string of the molecule is CCOC(=O)C(C)(CCOc1cccc(F)c1)NC. The van der Waals surface area contributed by atoms with Gasteiger partial charge in [-0.25, -0.2) is 4.39 Å². The molecule has 0 aliphatic carbocycles. The lowest BCUT2D eigenvalue weighted by atomic mass is 9.99. The van der Waals surface area contributed by atoms with Gasteiger partial charge in [0.1, 0.15) is 17.1 Å². The number of hydrogen-bond acceptors (Lipinski definition) is 4. The number of likely N-dealkylation sites (N-methyl/N-ethyl adjacent to an activating group) is 1. The summed E-state index contributed by atoms with van der Waals surface area (Å²) in [6.45, 7) is 4.14. The van der Waals surface area contributed by atoms with Gasteiger partial charge in [0, 0.05) is 12.5 Å². The summed E-state index contributed by atoms with van der Waals surface area (Å²) < 4.78 is 23.4. The Hall–Kier alpha value is -1.62. The maximum absolute atomic E-state index is 13.0. The van der Waals surface area contributed by atoms with Crippen molar-refractivity contribution in [1.29, 1.82) is 0 Å². The van der Waals surface area contributed by atoms with Crippen molar-refractivity contribution in [3.8, 4) is 5.75 Å². The molecule has 1 rings (SSSR count). The Kier molecular flexibility index (Phi) is 5.76. The lowest BCUT2D eigenvalue weighted by Gasteiger charge is -2.26. The van der Waals surface area contributed by atoms with Crippen molar-refractivity contribution in [3.05, 3.63) is 30.1 Å². The summed E-state index contributed by atoms with van der Waals surface area (Å²) in [6, 6.07) is 5.90. The van der Waals surface area contributed by atoms with Gasteiger partial charge < -0.3 is 14.8 Å². The summed E-state index contributed by atoms with van der Waals surface area (Å²) in [5, 5.41) is 2.93. The van der Waals surface area contributed by atoms with Crippen molar-refractivity contribution < 1.29 is 18.7 Å². The molecule has 19 heavy (non-hydrogen) atoms. The Morgan fingerprint density at radius 3 is 2.79 bits per heavy atom. The fraction of sp³-hybridized carbons (Fsp3) is 0.500. The van der Waals surface area contributed by atoms with Crippen molar-refractivity contribution >= 4 is 5.97 Å². The number of hydrogen-bond donors (Lipinski definition) is 1. The van der Waals surface area contributed by atoms with Gasteiger partial charge in [0.25, 0.3) is 0 Å². The highest BCUT2D eigenvalue weighted by Gasteiger charge is 2.32. The van der Waals surface area contributed by atoms with Crippen LogP contribution < -0.4 is 10.1 Å². The minimum absolute atomic E-state index is 0.291. The van der Waals surface area contributed by atoms with Gasteiger partial charge in [0.15, 0.2) is 0 Å². The monoisotopic (exact) mass is 269 g/mol. The topological polar surface area (TPSA) is 47.6 Å². The fourth-order valence-electron chi connectivity index (χ4n) is 1.55. The number of benzene rings is 1. The van der Waals surface area contributed by atoms with Crippen LogP contribution in [0.3, 0.4) is 0 Å². The molecule has 0 radical (unpaired) electrons. The molecule has 1 aromatic carbocycles. The molecule has 0 aliphatic heterocycles. The summed E-state index contributed by atoms with van der Waals surface area (Å²) in [5.74, 6) is -0.220. The predicted octanol–water partition coefficient (Wildman–Crippen LogP) is 2.14. The quantitative estimate of drug-likeness (QED) is 0.770. The molecule has 0 saturated heterocycles. The molecule has 0 amide bonds. The maximum Gasteiger partial charge on any atom is 0.326 e. The third kappa shape index (κ3) is 4.52. The number of carbonyl (C=O) groups is 1. The first-order chi connectivity index (χ1) is 9.01. The van der Waals surface area contributed by atoms with Crippen molar-refractivity contribution in [2.24, 2.45) is 0 Å². The van der Waals surface area contributed by atoms with E-state index in [0.717, 1.165) is 0 Å². The van der Waals surface area contributed by atoms with E-state index >= 15 is 0 Å². The minimum Gasteiger partial charge on any atom is -0.493 e.